The Labute approximate surface area is 111 Å². The second-order valence-corrected chi connectivity index (χ2v) is 6.57. The molecule has 0 spiro atoms. The summed E-state index contributed by atoms with van der Waals surface area (Å²) in [6, 6.07) is 4.31. The molecule has 1 atom stereocenters. The van der Waals surface area contributed by atoms with Gasteiger partial charge in [-0.3, -0.25) is 10.1 Å². The van der Waals surface area contributed by atoms with Crippen LogP contribution in [0.3, 0.4) is 0 Å². The maximum Gasteiger partial charge on any atom is 0.326 e. The summed E-state index contributed by atoms with van der Waals surface area (Å²) in [5.41, 5.74) is -0.641. The van der Waals surface area contributed by atoms with Gasteiger partial charge in [0, 0.05) is 11.8 Å². The van der Waals surface area contributed by atoms with Gasteiger partial charge >= 0.3 is 5.97 Å². The lowest BCUT2D eigenvalue weighted by Gasteiger charge is -2.29. The molecule has 1 aromatic rings. The standard InChI is InChI=1S/C12H19NO2S2/c1-9(2)13-12(3,11(14)15-4)8-17-10-6-5-7-16-10/h5-7,9,13H,8H2,1-4H3. The van der Waals surface area contributed by atoms with E-state index in [4.69, 9.17) is 4.74 Å². The van der Waals surface area contributed by atoms with Crippen LogP contribution in [0.5, 0.6) is 0 Å². The van der Waals surface area contributed by atoms with Gasteiger partial charge in [0.15, 0.2) is 0 Å². The van der Waals surface area contributed by atoms with Crippen molar-refractivity contribution in [2.24, 2.45) is 0 Å². The van der Waals surface area contributed by atoms with Gasteiger partial charge in [-0.25, -0.2) is 0 Å². The Bertz CT molecular complexity index is 351. The summed E-state index contributed by atoms with van der Waals surface area (Å²) in [5.74, 6) is 0.452. The van der Waals surface area contributed by atoms with E-state index < -0.39 is 5.54 Å². The molecule has 0 bridgehead atoms. The fourth-order valence-electron chi connectivity index (χ4n) is 1.58. The fourth-order valence-corrected chi connectivity index (χ4v) is 3.45. The molecule has 0 aliphatic heterocycles. The molecule has 1 N–H and O–H groups in total. The van der Waals surface area contributed by atoms with E-state index in [1.807, 2.05) is 32.2 Å². The van der Waals surface area contributed by atoms with E-state index in [-0.39, 0.29) is 12.0 Å². The van der Waals surface area contributed by atoms with Gasteiger partial charge in [0.1, 0.15) is 5.54 Å². The third-order valence-corrected chi connectivity index (χ3v) is 4.69. The van der Waals surface area contributed by atoms with Crippen molar-refractivity contribution in [2.75, 3.05) is 12.9 Å². The molecule has 3 nitrogen and oxygen atoms in total. The molecule has 17 heavy (non-hydrogen) atoms. The Morgan fingerprint density at radius 2 is 2.35 bits per heavy atom. The first-order chi connectivity index (χ1) is 7.98. The summed E-state index contributed by atoms with van der Waals surface area (Å²) >= 11 is 3.36. The molecule has 0 fully saturated rings. The first-order valence-electron chi connectivity index (χ1n) is 5.50. The van der Waals surface area contributed by atoms with Crippen molar-refractivity contribution in [3.05, 3.63) is 17.5 Å². The van der Waals surface area contributed by atoms with E-state index in [1.54, 1.807) is 23.1 Å². The van der Waals surface area contributed by atoms with Crippen LogP contribution in [0.15, 0.2) is 21.7 Å². The normalized spacial score (nSPS) is 14.6. The molecule has 0 saturated carbocycles. The Balaban J connectivity index is 2.66. The van der Waals surface area contributed by atoms with E-state index in [2.05, 4.69) is 11.4 Å². The second kappa shape index (κ2) is 6.42. The molecule has 1 heterocycles. The number of methoxy groups -OCH3 is 1. The van der Waals surface area contributed by atoms with Gasteiger partial charge in [0.25, 0.3) is 0 Å². The molecule has 1 rings (SSSR count). The minimum atomic E-state index is -0.641. The van der Waals surface area contributed by atoms with Crippen LogP contribution in [-0.2, 0) is 9.53 Å². The number of nitrogens with one attached hydrogen (secondary N) is 1. The lowest BCUT2D eigenvalue weighted by molar-refractivity contribution is -0.147. The number of hydrogen-bond acceptors (Lipinski definition) is 5. The smallest absolute Gasteiger partial charge is 0.326 e. The zero-order chi connectivity index (χ0) is 12.9. The van der Waals surface area contributed by atoms with Crippen molar-refractivity contribution in [2.45, 2.75) is 36.6 Å². The third-order valence-electron chi connectivity index (χ3n) is 2.24. The number of carbonyl (C=O) groups is 1. The molecule has 96 valence electrons. The number of carbonyl (C=O) groups excluding carboxylic acids is 1. The summed E-state index contributed by atoms with van der Waals surface area (Å²) in [4.78, 5) is 11.8. The maximum absolute atomic E-state index is 11.8. The Hall–Kier alpha value is -0.520. The average Bonchev–Trinajstić information content (AvgIpc) is 2.77. The van der Waals surface area contributed by atoms with E-state index in [1.165, 1.54) is 11.3 Å². The van der Waals surface area contributed by atoms with Crippen LogP contribution >= 0.6 is 23.1 Å². The predicted molar refractivity (Wildman–Crippen MR) is 73.7 cm³/mol. The third kappa shape index (κ3) is 4.33. The second-order valence-electron chi connectivity index (χ2n) is 4.34. The molecular weight excluding hydrogens is 254 g/mol. The highest BCUT2D eigenvalue weighted by Crippen LogP contribution is 2.27. The van der Waals surface area contributed by atoms with Gasteiger partial charge in [0.05, 0.1) is 11.3 Å². The van der Waals surface area contributed by atoms with Crippen LogP contribution in [0.25, 0.3) is 0 Å². The molecule has 0 aliphatic rings. The maximum atomic E-state index is 11.8. The molecule has 0 amide bonds. The average molecular weight is 273 g/mol. The molecule has 0 aliphatic carbocycles. The molecule has 0 radical (unpaired) electrons. The van der Waals surface area contributed by atoms with E-state index in [9.17, 15) is 4.79 Å². The fraction of sp³-hybridized carbons (Fsp3) is 0.583. The molecular formula is C12H19NO2S2. The quantitative estimate of drug-likeness (QED) is 0.639. The van der Waals surface area contributed by atoms with Gasteiger partial charge in [-0.05, 0) is 32.2 Å². The SMILES string of the molecule is COC(=O)C(C)(CSc1cccs1)NC(C)C. The summed E-state index contributed by atoms with van der Waals surface area (Å²) in [5, 5.41) is 5.31. The Morgan fingerprint density at radius 1 is 1.65 bits per heavy atom. The van der Waals surface area contributed by atoms with Gasteiger partial charge in [-0.1, -0.05) is 6.07 Å². The van der Waals surface area contributed by atoms with Crippen LogP contribution < -0.4 is 5.32 Å². The van der Waals surface area contributed by atoms with Crippen molar-refractivity contribution in [3.63, 3.8) is 0 Å². The number of esters is 1. The van der Waals surface area contributed by atoms with Gasteiger partial charge in [-0.15, -0.1) is 23.1 Å². The van der Waals surface area contributed by atoms with Crippen LogP contribution in [0.1, 0.15) is 20.8 Å². The Kier molecular flexibility index (Phi) is 5.49. The van der Waals surface area contributed by atoms with E-state index in [0.717, 1.165) is 0 Å². The molecule has 0 saturated heterocycles. The number of ether oxygens (including phenoxy) is 1. The van der Waals surface area contributed by atoms with Crippen LogP contribution in [0.4, 0.5) is 0 Å². The number of hydrogen-bond donors (Lipinski definition) is 1. The molecule has 1 aromatic heterocycles. The molecule has 5 heteroatoms. The highest BCUT2D eigenvalue weighted by atomic mass is 32.2. The zero-order valence-corrected chi connectivity index (χ0v) is 12.3. The number of thiophene rings is 1. The van der Waals surface area contributed by atoms with E-state index >= 15 is 0 Å². The number of thioether (sulfide) groups is 1. The summed E-state index contributed by atoms with van der Waals surface area (Å²) in [7, 11) is 1.43. The van der Waals surface area contributed by atoms with E-state index in [0.29, 0.717) is 5.75 Å². The van der Waals surface area contributed by atoms with Gasteiger partial charge in [-0.2, -0.15) is 0 Å². The lowest BCUT2D eigenvalue weighted by atomic mass is 10.0. The highest BCUT2D eigenvalue weighted by molar-refractivity contribution is 8.01. The largest absolute Gasteiger partial charge is 0.468 e. The van der Waals surface area contributed by atoms with Crippen molar-refractivity contribution in [1.82, 2.24) is 5.32 Å². The Morgan fingerprint density at radius 3 is 2.82 bits per heavy atom. The topological polar surface area (TPSA) is 38.3 Å². The highest BCUT2D eigenvalue weighted by Gasteiger charge is 2.34. The van der Waals surface area contributed by atoms with Crippen molar-refractivity contribution >= 4 is 29.1 Å². The summed E-state index contributed by atoms with van der Waals surface area (Å²) < 4.78 is 6.09. The molecule has 0 aromatic carbocycles. The first kappa shape index (κ1) is 14.5. The van der Waals surface area contributed by atoms with Crippen LogP contribution in [0.2, 0.25) is 0 Å². The number of rotatable bonds is 6. The zero-order valence-electron chi connectivity index (χ0n) is 10.6. The van der Waals surface area contributed by atoms with Crippen molar-refractivity contribution < 1.29 is 9.53 Å². The minimum Gasteiger partial charge on any atom is -0.468 e. The first-order valence-corrected chi connectivity index (χ1v) is 7.37. The lowest BCUT2D eigenvalue weighted by Crippen LogP contribution is -2.54. The van der Waals surface area contributed by atoms with Crippen molar-refractivity contribution in [3.8, 4) is 0 Å². The predicted octanol–water partition coefficient (Wildman–Crippen LogP) is 2.77. The van der Waals surface area contributed by atoms with Crippen LogP contribution in [0, 0.1) is 0 Å². The summed E-state index contributed by atoms with van der Waals surface area (Å²) in [6.07, 6.45) is 0. The molecule has 1 unspecified atom stereocenters. The van der Waals surface area contributed by atoms with Crippen LogP contribution in [-0.4, -0.2) is 30.4 Å². The summed E-state index contributed by atoms with van der Waals surface area (Å²) in [6.45, 7) is 5.94. The minimum absolute atomic E-state index is 0.213. The monoisotopic (exact) mass is 273 g/mol. The van der Waals surface area contributed by atoms with Crippen molar-refractivity contribution in [1.29, 1.82) is 0 Å². The van der Waals surface area contributed by atoms with Gasteiger partial charge < -0.3 is 4.74 Å². The van der Waals surface area contributed by atoms with Gasteiger partial charge in [0.2, 0.25) is 0 Å².